The maximum absolute atomic E-state index is 11.6. The van der Waals surface area contributed by atoms with Crippen LogP contribution in [-0.4, -0.2) is 23.6 Å². The number of nitrogens with zero attached hydrogens (tertiary/aromatic N) is 1. The third-order valence-electron chi connectivity index (χ3n) is 2.22. The van der Waals surface area contributed by atoms with Gasteiger partial charge in [-0.15, -0.1) is 0 Å². The molecular weight excluding hydrogens is 192 g/mol. The maximum Gasteiger partial charge on any atom is 0.341 e. The monoisotopic (exact) mass is 206 g/mol. The largest absolute Gasteiger partial charge is 0.462 e. The van der Waals surface area contributed by atoms with Gasteiger partial charge in [-0.3, -0.25) is 0 Å². The molecule has 0 radical (unpaired) electrons. The number of aromatic nitrogens is 1. The maximum atomic E-state index is 11.6. The van der Waals surface area contributed by atoms with Crippen molar-refractivity contribution in [1.82, 2.24) is 4.98 Å². The van der Waals surface area contributed by atoms with Crippen LogP contribution in [0.5, 0.6) is 0 Å². The highest BCUT2D eigenvalue weighted by atomic mass is 16.5. The first kappa shape index (κ1) is 9.96. The van der Waals surface area contributed by atoms with Crippen LogP contribution in [-0.2, 0) is 4.74 Å². The van der Waals surface area contributed by atoms with E-state index in [9.17, 15) is 4.79 Å². The number of esters is 1. The molecule has 1 aromatic rings. The predicted octanol–water partition coefficient (Wildman–Crippen LogP) is 1.83. The van der Waals surface area contributed by atoms with E-state index >= 15 is 0 Å². The summed E-state index contributed by atoms with van der Waals surface area (Å²) >= 11 is 0. The van der Waals surface area contributed by atoms with E-state index < -0.39 is 0 Å². The molecule has 4 nitrogen and oxygen atoms in total. The summed E-state index contributed by atoms with van der Waals surface area (Å²) in [6.45, 7) is 2.18. The van der Waals surface area contributed by atoms with Crippen LogP contribution in [0.1, 0.15) is 30.1 Å². The molecule has 1 saturated carbocycles. The standard InChI is InChI=1S/C11H14N2O2/c1-2-15-11(14)9-4-3-7-12-10(9)13-8-5-6-8/h3-4,7-8H,2,5-6H2,1H3,(H,12,13). The number of nitrogens with one attached hydrogen (secondary N) is 1. The van der Waals surface area contributed by atoms with Gasteiger partial charge in [0.1, 0.15) is 11.4 Å². The Bertz CT molecular complexity index is 361. The number of carbonyl (C=O) groups excluding carboxylic acids is 1. The smallest absolute Gasteiger partial charge is 0.341 e. The quantitative estimate of drug-likeness (QED) is 0.763. The molecule has 1 N–H and O–H groups in total. The lowest BCUT2D eigenvalue weighted by Gasteiger charge is -2.08. The Morgan fingerprint density at radius 2 is 2.47 bits per heavy atom. The summed E-state index contributed by atoms with van der Waals surface area (Å²) in [7, 11) is 0. The third kappa shape index (κ3) is 2.46. The van der Waals surface area contributed by atoms with E-state index in [1.807, 2.05) is 0 Å². The fourth-order valence-corrected chi connectivity index (χ4v) is 1.31. The van der Waals surface area contributed by atoms with Crippen molar-refractivity contribution < 1.29 is 9.53 Å². The van der Waals surface area contributed by atoms with Gasteiger partial charge in [0, 0.05) is 12.2 Å². The summed E-state index contributed by atoms with van der Waals surface area (Å²) in [5, 5.41) is 3.21. The van der Waals surface area contributed by atoms with E-state index in [-0.39, 0.29) is 5.97 Å². The molecule has 1 heterocycles. The Kier molecular flexibility index (Phi) is 2.85. The van der Waals surface area contributed by atoms with E-state index in [4.69, 9.17) is 4.74 Å². The minimum Gasteiger partial charge on any atom is -0.462 e. The van der Waals surface area contributed by atoms with Crippen LogP contribution in [0.15, 0.2) is 18.3 Å². The van der Waals surface area contributed by atoms with Gasteiger partial charge in [-0.1, -0.05) is 0 Å². The number of carbonyl (C=O) groups is 1. The van der Waals surface area contributed by atoms with E-state index in [1.165, 1.54) is 0 Å². The summed E-state index contributed by atoms with van der Waals surface area (Å²) in [5.74, 6) is 0.326. The van der Waals surface area contributed by atoms with Crippen LogP contribution in [0.2, 0.25) is 0 Å². The van der Waals surface area contributed by atoms with Crippen LogP contribution in [0.25, 0.3) is 0 Å². The van der Waals surface area contributed by atoms with Crippen molar-refractivity contribution in [2.45, 2.75) is 25.8 Å². The highest BCUT2D eigenvalue weighted by molar-refractivity contribution is 5.94. The molecule has 0 aromatic carbocycles. The predicted molar refractivity (Wildman–Crippen MR) is 56.8 cm³/mol. The molecule has 1 fully saturated rings. The Labute approximate surface area is 88.7 Å². The van der Waals surface area contributed by atoms with Crippen LogP contribution in [0.4, 0.5) is 5.82 Å². The fraction of sp³-hybridized carbons (Fsp3) is 0.455. The Morgan fingerprint density at radius 3 is 3.13 bits per heavy atom. The molecule has 0 bridgehead atoms. The van der Waals surface area contributed by atoms with Crippen LogP contribution in [0, 0.1) is 0 Å². The molecular formula is C11H14N2O2. The highest BCUT2D eigenvalue weighted by Gasteiger charge is 2.24. The van der Waals surface area contributed by atoms with Crippen LogP contribution < -0.4 is 5.32 Å². The number of hydrogen-bond acceptors (Lipinski definition) is 4. The van der Waals surface area contributed by atoms with E-state index in [0.717, 1.165) is 12.8 Å². The summed E-state index contributed by atoms with van der Waals surface area (Å²) in [4.78, 5) is 15.7. The molecule has 4 heteroatoms. The molecule has 80 valence electrons. The van der Waals surface area contributed by atoms with Crippen molar-refractivity contribution in [3.63, 3.8) is 0 Å². The second-order valence-corrected chi connectivity index (χ2v) is 3.54. The molecule has 0 aliphatic heterocycles. The molecule has 0 saturated heterocycles. The zero-order chi connectivity index (χ0) is 10.7. The number of ether oxygens (including phenoxy) is 1. The molecule has 15 heavy (non-hydrogen) atoms. The van der Waals surface area contributed by atoms with Crippen LogP contribution in [0.3, 0.4) is 0 Å². The Balaban J connectivity index is 2.16. The average molecular weight is 206 g/mol. The molecule has 1 aromatic heterocycles. The number of anilines is 1. The molecule has 0 amide bonds. The summed E-state index contributed by atoms with van der Waals surface area (Å²) < 4.78 is 4.95. The first-order valence-corrected chi connectivity index (χ1v) is 5.20. The van der Waals surface area contributed by atoms with Gasteiger partial charge in [0.05, 0.1) is 6.61 Å². The molecule has 0 unspecified atom stereocenters. The Hall–Kier alpha value is -1.58. The van der Waals surface area contributed by atoms with Gasteiger partial charge in [0.2, 0.25) is 0 Å². The van der Waals surface area contributed by atoms with E-state index in [1.54, 1.807) is 25.3 Å². The van der Waals surface area contributed by atoms with Gasteiger partial charge in [0.25, 0.3) is 0 Å². The fourth-order valence-electron chi connectivity index (χ4n) is 1.31. The number of hydrogen-bond donors (Lipinski definition) is 1. The first-order chi connectivity index (χ1) is 7.31. The normalized spacial score (nSPS) is 14.7. The van der Waals surface area contributed by atoms with E-state index in [0.29, 0.717) is 24.0 Å². The molecule has 0 spiro atoms. The molecule has 1 aliphatic carbocycles. The zero-order valence-corrected chi connectivity index (χ0v) is 8.69. The van der Waals surface area contributed by atoms with Gasteiger partial charge in [-0.25, -0.2) is 9.78 Å². The number of pyridine rings is 1. The minimum absolute atomic E-state index is 0.311. The van der Waals surface area contributed by atoms with Gasteiger partial charge in [0.15, 0.2) is 0 Å². The second-order valence-electron chi connectivity index (χ2n) is 3.54. The molecule has 0 atom stereocenters. The van der Waals surface area contributed by atoms with Crippen molar-refractivity contribution in [1.29, 1.82) is 0 Å². The lowest BCUT2D eigenvalue weighted by Crippen LogP contribution is -2.12. The molecule has 1 aliphatic rings. The summed E-state index contributed by atoms with van der Waals surface area (Å²) in [5.41, 5.74) is 0.520. The van der Waals surface area contributed by atoms with Crippen LogP contribution >= 0.6 is 0 Å². The molecule has 2 rings (SSSR count). The number of rotatable bonds is 4. The first-order valence-electron chi connectivity index (χ1n) is 5.20. The van der Waals surface area contributed by atoms with Gasteiger partial charge in [-0.2, -0.15) is 0 Å². The zero-order valence-electron chi connectivity index (χ0n) is 8.69. The lowest BCUT2D eigenvalue weighted by atomic mass is 10.2. The van der Waals surface area contributed by atoms with Gasteiger partial charge < -0.3 is 10.1 Å². The lowest BCUT2D eigenvalue weighted by molar-refractivity contribution is 0.0527. The van der Waals surface area contributed by atoms with Crippen molar-refractivity contribution in [3.05, 3.63) is 23.9 Å². The topological polar surface area (TPSA) is 51.2 Å². The average Bonchev–Trinajstić information content (AvgIpc) is 3.03. The SMILES string of the molecule is CCOC(=O)c1cccnc1NC1CC1. The van der Waals surface area contributed by atoms with Crippen molar-refractivity contribution >= 4 is 11.8 Å². The Morgan fingerprint density at radius 1 is 1.67 bits per heavy atom. The third-order valence-corrected chi connectivity index (χ3v) is 2.22. The highest BCUT2D eigenvalue weighted by Crippen LogP contribution is 2.25. The summed E-state index contributed by atoms with van der Waals surface area (Å²) in [6.07, 6.45) is 3.98. The van der Waals surface area contributed by atoms with Gasteiger partial charge in [-0.05, 0) is 31.9 Å². The second kappa shape index (κ2) is 4.29. The van der Waals surface area contributed by atoms with Crippen molar-refractivity contribution in [2.24, 2.45) is 0 Å². The van der Waals surface area contributed by atoms with Crippen molar-refractivity contribution in [2.75, 3.05) is 11.9 Å². The minimum atomic E-state index is -0.311. The van der Waals surface area contributed by atoms with E-state index in [2.05, 4.69) is 10.3 Å². The summed E-state index contributed by atoms with van der Waals surface area (Å²) in [6, 6.07) is 3.95. The van der Waals surface area contributed by atoms with Crippen molar-refractivity contribution in [3.8, 4) is 0 Å². The van der Waals surface area contributed by atoms with Gasteiger partial charge >= 0.3 is 5.97 Å².